The third-order valence-electron chi connectivity index (χ3n) is 5.37. The van der Waals surface area contributed by atoms with Crippen LogP contribution in [0.15, 0.2) is 0 Å². The van der Waals surface area contributed by atoms with Gasteiger partial charge in [-0.15, -0.1) is 0 Å². The predicted molar refractivity (Wildman–Crippen MR) is 80.3 cm³/mol. The Balaban J connectivity index is 1.90. The first-order valence-corrected chi connectivity index (χ1v) is 8.22. The molecule has 116 valence electrons. The molecule has 1 atom stereocenters. The van der Waals surface area contributed by atoms with Crippen LogP contribution in [0.4, 0.5) is 0 Å². The molecule has 1 amide bonds. The van der Waals surface area contributed by atoms with Gasteiger partial charge in [-0.1, -0.05) is 25.7 Å². The fraction of sp³-hybridized carbons (Fsp3) is 0.938. The Hall–Kier alpha value is -0.610. The SMILES string of the molecule is COCCC1(C(=O)NC(CN)C2CCCCC2)CCC1. The Morgan fingerprint density at radius 1 is 1.30 bits per heavy atom. The second kappa shape index (κ2) is 7.41. The summed E-state index contributed by atoms with van der Waals surface area (Å²) in [7, 11) is 1.70. The monoisotopic (exact) mass is 282 g/mol. The lowest BCUT2D eigenvalue weighted by molar-refractivity contribution is -0.138. The summed E-state index contributed by atoms with van der Waals surface area (Å²) in [6.45, 7) is 1.24. The molecule has 2 rings (SSSR count). The first kappa shape index (κ1) is 15.8. The molecule has 0 aliphatic heterocycles. The van der Waals surface area contributed by atoms with E-state index in [2.05, 4.69) is 5.32 Å². The Morgan fingerprint density at radius 2 is 2.00 bits per heavy atom. The number of hydrogen-bond donors (Lipinski definition) is 2. The number of carbonyl (C=O) groups is 1. The van der Waals surface area contributed by atoms with E-state index >= 15 is 0 Å². The summed E-state index contributed by atoms with van der Waals surface area (Å²) >= 11 is 0. The molecule has 0 aromatic carbocycles. The average Bonchev–Trinajstić information content (AvgIpc) is 2.44. The van der Waals surface area contributed by atoms with Gasteiger partial charge in [0.25, 0.3) is 0 Å². The molecule has 1 unspecified atom stereocenters. The predicted octanol–water partition coefficient (Wildman–Crippen LogP) is 2.22. The number of rotatable bonds is 7. The van der Waals surface area contributed by atoms with E-state index in [4.69, 9.17) is 10.5 Å². The molecule has 20 heavy (non-hydrogen) atoms. The van der Waals surface area contributed by atoms with Gasteiger partial charge in [-0.05, 0) is 38.0 Å². The first-order valence-electron chi connectivity index (χ1n) is 8.22. The minimum Gasteiger partial charge on any atom is -0.385 e. The topological polar surface area (TPSA) is 64.3 Å². The molecule has 2 aliphatic rings. The maximum atomic E-state index is 12.6. The number of nitrogens with one attached hydrogen (secondary N) is 1. The van der Waals surface area contributed by atoms with E-state index in [1.165, 1.54) is 32.1 Å². The molecule has 4 nitrogen and oxygen atoms in total. The normalized spacial score (nSPS) is 23.9. The lowest BCUT2D eigenvalue weighted by Crippen LogP contribution is -2.53. The van der Waals surface area contributed by atoms with Gasteiger partial charge in [-0.25, -0.2) is 0 Å². The zero-order valence-electron chi connectivity index (χ0n) is 12.8. The highest BCUT2D eigenvalue weighted by molar-refractivity contribution is 5.83. The highest BCUT2D eigenvalue weighted by Crippen LogP contribution is 2.44. The summed E-state index contributed by atoms with van der Waals surface area (Å²) in [5.41, 5.74) is 5.75. The highest BCUT2D eigenvalue weighted by Gasteiger charge is 2.44. The molecular weight excluding hydrogens is 252 g/mol. The van der Waals surface area contributed by atoms with Crippen LogP contribution in [-0.2, 0) is 9.53 Å². The Kier molecular flexibility index (Phi) is 5.85. The van der Waals surface area contributed by atoms with Crippen molar-refractivity contribution in [2.24, 2.45) is 17.1 Å². The summed E-state index contributed by atoms with van der Waals surface area (Å²) in [6, 6.07) is 0.169. The van der Waals surface area contributed by atoms with Crippen molar-refractivity contribution in [3.05, 3.63) is 0 Å². The van der Waals surface area contributed by atoms with Crippen molar-refractivity contribution in [1.82, 2.24) is 5.32 Å². The molecule has 0 heterocycles. The van der Waals surface area contributed by atoms with Gasteiger partial charge in [0.05, 0.1) is 5.41 Å². The maximum Gasteiger partial charge on any atom is 0.226 e. The lowest BCUT2D eigenvalue weighted by Gasteiger charge is -2.42. The Bertz CT molecular complexity index is 310. The van der Waals surface area contributed by atoms with Crippen molar-refractivity contribution in [2.45, 2.75) is 63.8 Å². The van der Waals surface area contributed by atoms with Crippen LogP contribution in [0.25, 0.3) is 0 Å². The Morgan fingerprint density at radius 3 is 2.50 bits per heavy atom. The molecule has 0 aromatic rings. The third-order valence-corrected chi connectivity index (χ3v) is 5.37. The molecule has 0 radical (unpaired) electrons. The quantitative estimate of drug-likeness (QED) is 0.752. The van der Waals surface area contributed by atoms with E-state index in [9.17, 15) is 4.79 Å². The van der Waals surface area contributed by atoms with Gasteiger partial charge in [-0.3, -0.25) is 4.79 Å². The molecule has 0 spiro atoms. The molecule has 2 aliphatic carbocycles. The summed E-state index contributed by atoms with van der Waals surface area (Å²) in [6.07, 6.45) is 10.3. The van der Waals surface area contributed by atoms with Crippen molar-refractivity contribution in [2.75, 3.05) is 20.3 Å². The summed E-state index contributed by atoms with van der Waals surface area (Å²) in [5, 5.41) is 3.27. The number of amides is 1. The Labute approximate surface area is 122 Å². The van der Waals surface area contributed by atoms with Gasteiger partial charge in [0.15, 0.2) is 0 Å². The molecule has 0 saturated heterocycles. The summed E-state index contributed by atoms with van der Waals surface area (Å²) < 4.78 is 5.17. The van der Waals surface area contributed by atoms with Gasteiger partial charge in [0.1, 0.15) is 0 Å². The van der Waals surface area contributed by atoms with Crippen LogP contribution in [0.2, 0.25) is 0 Å². The van der Waals surface area contributed by atoms with E-state index in [0.29, 0.717) is 19.1 Å². The lowest BCUT2D eigenvalue weighted by atomic mass is 9.66. The van der Waals surface area contributed by atoms with E-state index in [0.717, 1.165) is 25.7 Å². The number of hydrogen-bond acceptors (Lipinski definition) is 3. The molecule has 4 heteroatoms. The zero-order valence-corrected chi connectivity index (χ0v) is 12.8. The van der Waals surface area contributed by atoms with E-state index in [1.54, 1.807) is 7.11 Å². The number of ether oxygens (including phenoxy) is 1. The van der Waals surface area contributed by atoms with Crippen LogP contribution in [0.5, 0.6) is 0 Å². The van der Waals surface area contributed by atoms with Crippen LogP contribution in [-0.4, -0.2) is 32.2 Å². The van der Waals surface area contributed by atoms with Gasteiger partial charge in [0, 0.05) is 26.3 Å². The third kappa shape index (κ3) is 3.53. The van der Waals surface area contributed by atoms with E-state index < -0.39 is 0 Å². The summed E-state index contributed by atoms with van der Waals surface area (Å²) in [5.74, 6) is 0.805. The van der Waals surface area contributed by atoms with Crippen molar-refractivity contribution < 1.29 is 9.53 Å². The van der Waals surface area contributed by atoms with Crippen LogP contribution >= 0.6 is 0 Å². The fourth-order valence-corrected chi connectivity index (χ4v) is 3.72. The van der Waals surface area contributed by atoms with E-state index in [-0.39, 0.29) is 17.4 Å². The number of nitrogens with two attached hydrogens (primary N) is 1. The van der Waals surface area contributed by atoms with Gasteiger partial charge < -0.3 is 15.8 Å². The molecule has 3 N–H and O–H groups in total. The van der Waals surface area contributed by atoms with Gasteiger partial charge in [-0.2, -0.15) is 0 Å². The minimum atomic E-state index is -0.169. The van der Waals surface area contributed by atoms with Gasteiger partial charge in [0.2, 0.25) is 5.91 Å². The maximum absolute atomic E-state index is 12.6. The molecule has 2 saturated carbocycles. The smallest absolute Gasteiger partial charge is 0.226 e. The molecular formula is C16H30N2O2. The van der Waals surface area contributed by atoms with E-state index in [1.807, 2.05) is 0 Å². The second-order valence-corrected chi connectivity index (χ2v) is 6.59. The van der Waals surface area contributed by atoms with Crippen LogP contribution < -0.4 is 11.1 Å². The molecule has 2 fully saturated rings. The minimum absolute atomic E-state index is 0.169. The van der Waals surface area contributed by atoms with Crippen molar-refractivity contribution in [3.63, 3.8) is 0 Å². The highest BCUT2D eigenvalue weighted by atomic mass is 16.5. The average molecular weight is 282 g/mol. The molecule has 0 bridgehead atoms. The van der Waals surface area contributed by atoms with Crippen molar-refractivity contribution in [3.8, 4) is 0 Å². The van der Waals surface area contributed by atoms with Crippen LogP contribution in [0.3, 0.4) is 0 Å². The van der Waals surface area contributed by atoms with Crippen molar-refractivity contribution >= 4 is 5.91 Å². The fourth-order valence-electron chi connectivity index (χ4n) is 3.72. The zero-order chi connectivity index (χ0) is 14.4. The second-order valence-electron chi connectivity index (χ2n) is 6.59. The van der Waals surface area contributed by atoms with Crippen molar-refractivity contribution in [1.29, 1.82) is 0 Å². The number of carbonyl (C=O) groups excluding carboxylic acids is 1. The standard InChI is InChI=1S/C16H30N2O2/c1-20-11-10-16(8-5-9-16)15(19)18-14(12-17)13-6-3-2-4-7-13/h13-14H,2-12,17H2,1H3,(H,18,19). The molecule has 0 aromatic heterocycles. The van der Waals surface area contributed by atoms with Crippen LogP contribution in [0, 0.1) is 11.3 Å². The summed E-state index contributed by atoms with van der Waals surface area (Å²) in [4.78, 5) is 12.6. The van der Waals surface area contributed by atoms with Crippen LogP contribution in [0.1, 0.15) is 57.8 Å². The first-order chi connectivity index (χ1) is 9.72. The number of methoxy groups -OCH3 is 1. The van der Waals surface area contributed by atoms with Gasteiger partial charge >= 0.3 is 0 Å². The largest absolute Gasteiger partial charge is 0.385 e.